The van der Waals surface area contributed by atoms with Gasteiger partial charge in [-0.1, -0.05) is 23.1 Å². The van der Waals surface area contributed by atoms with E-state index in [0.29, 0.717) is 10.7 Å². The van der Waals surface area contributed by atoms with Gasteiger partial charge < -0.3 is 5.73 Å². The Labute approximate surface area is 110 Å². The maximum absolute atomic E-state index is 8.82. The van der Waals surface area contributed by atoms with Gasteiger partial charge in [0.05, 0.1) is 5.69 Å². The lowest BCUT2D eigenvalue weighted by molar-refractivity contribution is 0.953. The molecule has 0 aromatic carbocycles. The Hall–Kier alpha value is -1.30. The van der Waals surface area contributed by atoms with Crippen LogP contribution in [-0.4, -0.2) is 21.4 Å². The first-order valence-electron chi connectivity index (χ1n) is 4.45. The first-order valence-corrected chi connectivity index (χ1v) is 7.30. The third-order valence-corrected chi connectivity index (χ3v) is 4.65. The second-order valence-electron chi connectivity index (χ2n) is 2.84. The van der Waals surface area contributed by atoms with Gasteiger partial charge in [0.2, 0.25) is 0 Å². The molecule has 0 saturated carbocycles. The summed E-state index contributed by atoms with van der Waals surface area (Å²) in [5.74, 6) is 0. The van der Waals surface area contributed by atoms with Crippen LogP contribution in [-0.2, 0) is 0 Å². The van der Waals surface area contributed by atoms with E-state index in [-0.39, 0.29) is 5.69 Å². The maximum Gasteiger partial charge on any atom is 0.181 e. The van der Waals surface area contributed by atoms with Crippen molar-refractivity contribution in [1.29, 1.82) is 5.26 Å². The van der Waals surface area contributed by atoms with Crippen LogP contribution >= 0.6 is 34.9 Å². The van der Waals surface area contributed by atoms with E-state index in [1.807, 2.05) is 12.3 Å². The highest BCUT2D eigenvalue weighted by Crippen LogP contribution is 2.32. The lowest BCUT2D eigenvalue weighted by Crippen LogP contribution is -1.94. The van der Waals surface area contributed by atoms with Crippen LogP contribution in [0, 0.1) is 11.3 Å². The molecular weight excluding hydrogens is 274 g/mol. The normalized spacial score (nSPS) is 10.1. The molecule has 0 bridgehead atoms. The van der Waals surface area contributed by atoms with Gasteiger partial charge in [0.1, 0.15) is 11.1 Å². The molecule has 17 heavy (non-hydrogen) atoms. The van der Waals surface area contributed by atoms with E-state index >= 15 is 0 Å². The summed E-state index contributed by atoms with van der Waals surface area (Å²) in [6.07, 6.45) is 1.95. The molecule has 2 heterocycles. The number of hydrogen-bond donors (Lipinski definition) is 1. The molecule has 5 nitrogen and oxygen atoms in total. The predicted octanol–water partition coefficient (Wildman–Crippen LogP) is 2.26. The zero-order valence-electron chi connectivity index (χ0n) is 8.75. The highest BCUT2D eigenvalue weighted by atomic mass is 32.2. The van der Waals surface area contributed by atoms with Crippen molar-refractivity contribution in [1.82, 2.24) is 15.2 Å². The summed E-state index contributed by atoms with van der Waals surface area (Å²) in [4.78, 5) is 4.13. The van der Waals surface area contributed by atoms with Crippen molar-refractivity contribution >= 4 is 40.5 Å². The summed E-state index contributed by atoms with van der Waals surface area (Å²) in [7, 11) is 0. The Balaban J connectivity index is 2.21. The van der Waals surface area contributed by atoms with Crippen LogP contribution in [0.5, 0.6) is 0 Å². The average molecular weight is 281 g/mol. The lowest BCUT2D eigenvalue weighted by atomic mass is 10.3. The summed E-state index contributed by atoms with van der Waals surface area (Å²) in [6, 6.07) is 5.39. The molecule has 0 aliphatic rings. The number of nitrogens with zero attached hydrogens (tertiary/aromatic N) is 4. The van der Waals surface area contributed by atoms with E-state index in [2.05, 4.69) is 15.2 Å². The molecule has 2 aromatic rings. The zero-order chi connectivity index (χ0) is 12.3. The topological polar surface area (TPSA) is 88.5 Å². The van der Waals surface area contributed by atoms with Gasteiger partial charge in [-0.3, -0.25) is 0 Å². The molecule has 0 saturated heterocycles. The number of thioether (sulfide) groups is 1. The monoisotopic (exact) mass is 281 g/mol. The first-order chi connectivity index (χ1) is 8.22. The highest BCUT2D eigenvalue weighted by Gasteiger charge is 2.08. The molecular formula is C9H7N5S3. The number of aromatic nitrogens is 3. The quantitative estimate of drug-likeness (QED) is 0.863. The molecule has 0 amide bonds. The van der Waals surface area contributed by atoms with Crippen LogP contribution in [0.15, 0.2) is 25.8 Å². The summed E-state index contributed by atoms with van der Waals surface area (Å²) >= 11 is 4.42. The summed E-state index contributed by atoms with van der Waals surface area (Å²) in [6.45, 7) is 0. The molecule has 86 valence electrons. The van der Waals surface area contributed by atoms with Gasteiger partial charge in [0.25, 0.3) is 0 Å². The maximum atomic E-state index is 8.82. The fourth-order valence-electron chi connectivity index (χ4n) is 1.01. The van der Waals surface area contributed by atoms with Crippen molar-refractivity contribution in [2.24, 2.45) is 0 Å². The van der Waals surface area contributed by atoms with Crippen LogP contribution in [0.1, 0.15) is 5.69 Å². The fraction of sp³-hybridized carbons (Fsp3) is 0.111. The zero-order valence-corrected chi connectivity index (χ0v) is 11.2. The highest BCUT2D eigenvalue weighted by molar-refractivity contribution is 8.02. The van der Waals surface area contributed by atoms with Crippen LogP contribution < -0.4 is 5.73 Å². The molecule has 8 heteroatoms. The smallest absolute Gasteiger partial charge is 0.181 e. The molecule has 2 aromatic heterocycles. The van der Waals surface area contributed by atoms with E-state index in [1.165, 1.54) is 23.1 Å². The summed E-state index contributed by atoms with van der Waals surface area (Å²) in [5, 5.41) is 17.5. The molecule has 0 atom stereocenters. The van der Waals surface area contributed by atoms with Gasteiger partial charge in [-0.15, -0.1) is 10.2 Å². The third kappa shape index (κ3) is 2.88. The average Bonchev–Trinajstić information content (AvgIpc) is 2.79. The minimum absolute atomic E-state index is 0.240. The van der Waals surface area contributed by atoms with E-state index in [0.717, 1.165) is 8.68 Å². The van der Waals surface area contributed by atoms with Gasteiger partial charge in [-0.05, 0) is 30.2 Å². The number of nitriles is 1. The second-order valence-corrected chi connectivity index (χ2v) is 6.14. The predicted molar refractivity (Wildman–Crippen MR) is 69.2 cm³/mol. The lowest BCUT2D eigenvalue weighted by Gasteiger charge is -1.99. The number of nitrogen functional groups attached to an aromatic ring is 1. The van der Waals surface area contributed by atoms with Gasteiger partial charge in [-0.2, -0.15) is 5.26 Å². The fourth-order valence-corrected chi connectivity index (χ4v) is 3.37. The largest absolute Gasteiger partial charge is 0.396 e. The van der Waals surface area contributed by atoms with Crippen molar-refractivity contribution in [2.45, 2.75) is 13.7 Å². The first kappa shape index (κ1) is 12.2. The van der Waals surface area contributed by atoms with Gasteiger partial charge >= 0.3 is 0 Å². The number of rotatable bonds is 3. The molecule has 0 spiro atoms. The number of hydrogen-bond acceptors (Lipinski definition) is 8. The van der Waals surface area contributed by atoms with Crippen molar-refractivity contribution in [3.8, 4) is 6.07 Å². The molecule has 2 N–H and O–H groups in total. The Bertz CT molecular complexity index is 574. The van der Waals surface area contributed by atoms with Crippen LogP contribution in [0.4, 0.5) is 5.69 Å². The standard InChI is InChI=1S/C9H7N5S3/c1-15-8-13-14-9(17-8)16-7-3-2-5(11)6(4-10)12-7/h2-3H,11H2,1H3. The van der Waals surface area contributed by atoms with E-state index in [1.54, 1.807) is 23.9 Å². The minimum Gasteiger partial charge on any atom is -0.396 e. The van der Waals surface area contributed by atoms with Crippen LogP contribution in [0.25, 0.3) is 0 Å². The van der Waals surface area contributed by atoms with E-state index < -0.39 is 0 Å². The van der Waals surface area contributed by atoms with Crippen molar-refractivity contribution in [3.05, 3.63) is 17.8 Å². The van der Waals surface area contributed by atoms with Crippen molar-refractivity contribution < 1.29 is 0 Å². The van der Waals surface area contributed by atoms with Crippen molar-refractivity contribution in [3.63, 3.8) is 0 Å². The van der Waals surface area contributed by atoms with Crippen LogP contribution in [0.3, 0.4) is 0 Å². The van der Waals surface area contributed by atoms with E-state index in [4.69, 9.17) is 11.0 Å². The minimum atomic E-state index is 0.240. The second kappa shape index (κ2) is 5.35. The van der Waals surface area contributed by atoms with Gasteiger partial charge in [0, 0.05) is 0 Å². The molecule has 0 aliphatic heterocycles. The number of pyridine rings is 1. The Kier molecular flexibility index (Phi) is 3.83. The molecule has 0 radical (unpaired) electrons. The van der Waals surface area contributed by atoms with Gasteiger partial charge in [0.15, 0.2) is 14.4 Å². The Morgan fingerprint density at radius 3 is 2.76 bits per heavy atom. The van der Waals surface area contributed by atoms with Gasteiger partial charge in [-0.25, -0.2) is 4.98 Å². The third-order valence-electron chi connectivity index (χ3n) is 1.76. The number of anilines is 1. The molecule has 0 unspecified atom stereocenters. The van der Waals surface area contributed by atoms with Crippen LogP contribution in [0.2, 0.25) is 0 Å². The molecule has 2 rings (SSSR count). The summed E-state index contributed by atoms with van der Waals surface area (Å²) in [5.41, 5.74) is 6.22. The molecule has 0 aliphatic carbocycles. The SMILES string of the molecule is CSc1nnc(Sc2ccc(N)c(C#N)n2)s1. The Morgan fingerprint density at radius 1 is 1.35 bits per heavy atom. The summed E-state index contributed by atoms with van der Waals surface area (Å²) < 4.78 is 1.71. The number of nitrogens with two attached hydrogens (primary N) is 1. The molecule has 0 fully saturated rings. The Morgan fingerprint density at radius 2 is 2.12 bits per heavy atom. The van der Waals surface area contributed by atoms with Crippen molar-refractivity contribution in [2.75, 3.05) is 12.0 Å². The van der Waals surface area contributed by atoms with E-state index in [9.17, 15) is 0 Å².